The second-order valence-corrected chi connectivity index (χ2v) is 9.31. The highest BCUT2D eigenvalue weighted by Crippen LogP contribution is 2.45. The first kappa shape index (κ1) is 25.0. The van der Waals surface area contributed by atoms with Gasteiger partial charge < -0.3 is 14.5 Å². The Balaban J connectivity index is 1.53. The van der Waals surface area contributed by atoms with Crippen molar-refractivity contribution >= 4 is 11.6 Å². The first-order chi connectivity index (χ1) is 16.6. The zero-order chi connectivity index (χ0) is 25.2. The van der Waals surface area contributed by atoms with Crippen molar-refractivity contribution in [1.82, 2.24) is 4.90 Å². The van der Waals surface area contributed by atoms with Crippen LogP contribution in [0, 0.1) is 28.5 Å². The smallest absolute Gasteiger partial charge is 0.381 e. The fourth-order valence-electron chi connectivity index (χ4n) is 5.20. The fraction of sp³-hybridized carbons (Fsp3) is 0.462. The van der Waals surface area contributed by atoms with E-state index in [9.17, 15) is 22.4 Å². The average molecular weight is 490 g/mol. The molecular formula is C26H27F4N3O2. The number of benzene rings is 2. The van der Waals surface area contributed by atoms with Crippen LogP contribution in [0.15, 0.2) is 42.5 Å². The third-order valence-electron chi connectivity index (χ3n) is 7.14. The highest BCUT2D eigenvalue weighted by molar-refractivity contribution is 5.79. The summed E-state index contributed by atoms with van der Waals surface area (Å²) in [4.78, 5) is 16.8. The van der Waals surface area contributed by atoms with Gasteiger partial charge in [-0.3, -0.25) is 4.79 Å². The van der Waals surface area contributed by atoms with Gasteiger partial charge in [0.2, 0.25) is 5.91 Å². The molecule has 2 fully saturated rings. The number of hydrogen-bond acceptors (Lipinski definition) is 4. The van der Waals surface area contributed by atoms with Crippen LogP contribution in [0.2, 0.25) is 0 Å². The minimum Gasteiger partial charge on any atom is -0.381 e. The fourth-order valence-corrected chi connectivity index (χ4v) is 5.20. The number of piperidine rings is 1. The molecule has 2 aromatic rings. The van der Waals surface area contributed by atoms with Crippen molar-refractivity contribution < 1.29 is 27.1 Å². The summed E-state index contributed by atoms with van der Waals surface area (Å²) >= 11 is 0. The van der Waals surface area contributed by atoms with Gasteiger partial charge in [0, 0.05) is 49.8 Å². The number of alkyl halides is 3. The molecule has 2 heterocycles. The summed E-state index contributed by atoms with van der Waals surface area (Å²) in [6.07, 6.45) is -3.79. The van der Waals surface area contributed by atoms with Crippen LogP contribution in [0.1, 0.15) is 30.0 Å². The summed E-state index contributed by atoms with van der Waals surface area (Å²) < 4.78 is 59.5. The minimum atomic E-state index is -4.62. The van der Waals surface area contributed by atoms with Crippen molar-refractivity contribution in [1.29, 1.82) is 5.26 Å². The number of fused-ring (bicyclic) bond motifs is 1. The van der Waals surface area contributed by atoms with Crippen LogP contribution >= 0.6 is 0 Å². The third kappa shape index (κ3) is 5.27. The predicted octanol–water partition coefficient (Wildman–Crippen LogP) is 4.65. The van der Waals surface area contributed by atoms with Crippen LogP contribution in [0.3, 0.4) is 0 Å². The second-order valence-electron chi connectivity index (χ2n) is 9.31. The molecule has 1 amide bonds. The Morgan fingerprint density at radius 1 is 1.20 bits per heavy atom. The molecule has 5 nitrogen and oxygen atoms in total. The average Bonchev–Trinajstić information content (AvgIpc) is 3.22. The first-order valence-corrected chi connectivity index (χ1v) is 11.6. The zero-order valence-electron chi connectivity index (χ0n) is 19.4. The topological polar surface area (TPSA) is 56.6 Å². The standard InChI is InChI=1S/C26H27F4N3O2/c1-2-35-17-25-9-10-32(22-8-5-19(13-31)23(12-22)26(28,29)30)14-20(25)15-33(16-25)24(34)11-18-3-6-21(27)7-4-18/h3-8,12,20H,2,9-11,14-17H2,1H3/t20-,25+/m1/s1. The lowest BCUT2D eigenvalue weighted by atomic mass is 9.73. The van der Waals surface area contributed by atoms with E-state index < -0.39 is 17.3 Å². The van der Waals surface area contributed by atoms with Crippen LogP contribution < -0.4 is 4.90 Å². The van der Waals surface area contributed by atoms with Crippen molar-refractivity contribution in [3.63, 3.8) is 0 Å². The number of ether oxygens (including phenoxy) is 1. The Labute approximate surface area is 201 Å². The molecule has 0 bridgehead atoms. The minimum absolute atomic E-state index is 0.0185. The Morgan fingerprint density at radius 2 is 1.94 bits per heavy atom. The first-order valence-electron chi connectivity index (χ1n) is 11.6. The Bertz CT molecular complexity index is 1110. The van der Waals surface area contributed by atoms with Crippen molar-refractivity contribution in [3.8, 4) is 6.07 Å². The van der Waals surface area contributed by atoms with Crippen molar-refractivity contribution in [2.24, 2.45) is 11.3 Å². The van der Waals surface area contributed by atoms with Gasteiger partial charge in [0.1, 0.15) is 5.82 Å². The number of nitrogens with zero attached hydrogens (tertiary/aromatic N) is 3. The van der Waals surface area contributed by atoms with E-state index in [0.29, 0.717) is 51.5 Å². The van der Waals surface area contributed by atoms with Gasteiger partial charge in [-0.2, -0.15) is 18.4 Å². The number of carbonyl (C=O) groups excluding carboxylic acids is 1. The van der Waals surface area contributed by atoms with E-state index in [1.54, 1.807) is 29.2 Å². The van der Waals surface area contributed by atoms with E-state index in [0.717, 1.165) is 11.6 Å². The van der Waals surface area contributed by atoms with Crippen molar-refractivity contribution in [3.05, 3.63) is 65.0 Å². The van der Waals surface area contributed by atoms with Crippen LogP contribution in [0.5, 0.6) is 0 Å². The van der Waals surface area contributed by atoms with E-state index in [-0.39, 0.29) is 29.5 Å². The van der Waals surface area contributed by atoms with Gasteiger partial charge >= 0.3 is 6.18 Å². The summed E-state index contributed by atoms with van der Waals surface area (Å²) in [5, 5.41) is 9.09. The molecule has 0 radical (unpaired) electrons. The third-order valence-corrected chi connectivity index (χ3v) is 7.14. The molecule has 2 atom stereocenters. The molecule has 186 valence electrons. The maximum atomic E-state index is 13.5. The quantitative estimate of drug-likeness (QED) is 0.555. The monoisotopic (exact) mass is 489 g/mol. The van der Waals surface area contributed by atoms with Crippen LogP contribution in [-0.4, -0.2) is 50.2 Å². The van der Waals surface area contributed by atoms with Gasteiger partial charge in [-0.25, -0.2) is 4.39 Å². The van der Waals surface area contributed by atoms with Crippen molar-refractivity contribution in [2.45, 2.75) is 25.9 Å². The van der Waals surface area contributed by atoms with E-state index in [1.165, 1.54) is 18.2 Å². The highest BCUT2D eigenvalue weighted by Gasteiger charge is 2.51. The lowest BCUT2D eigenvalue weighted by molar-refractivity contribution is -0.137. The molecule has 0 unspecified atom stereocenters. The molecule has 9 heteroatoms. The molecule has 2 aromatic carbocycles. The number of hydrogen-bond donors (Lipinski definition) is 0. The van der Waals surface area contributed by atoms with Gasteiger partial charge in [-0.15, -0.1) is 0 Å². The van der Waals surface area contributed by atoms with E-state index in [1.807, 2.05) is 11.8 Å². The van der Waals surface area contributed by atoms with E-state index in [4.69, 9.17) is 10.00 Å². The number of likely N-dealkylation sites (tertiary alicyclic amines) is 1. The van der Waals surface area contributed by atoms with Gasteiger partial charge in [0.25, 0.3) is 0 Å². The SMILES string of the molecule is CCOC[C@@]12CCN(c3ccc(C#N)c(C(F)(F)F)c3)C[C@@H]1CN(C(=O)Cc1ccc(F)cc1)C2. The Hall–Kier alpha value is -3.12. The normalized spacial score (nSPS) is 22.1. The molecule has 0 spiro atoms. The predicted molar refractivity (Wildman–Crippen MR) is 122 cm³/mol. The van der Waals surface area contributed by atoms with E-state index >= 15 is 0 Å². The summed E-state index contributed by atoms with van der Waals surface area (Å²) in [6.45, 7) is 4.92. The molecule has 0 saturated carbocycles. The second kappa shape index (κ2) is 9.86. The maximum absolute atomic E-state index is 13.5. The van der Waals surface area contributed by atoms with E-state index in [2.05, 4.69) is 0 Å². The lowest BCUT2D eigenvalue weighted by Crippen LogP contribution is -2.49. The summed E-state index contributed by atoms with van der Waals surface area (Å²) in [5.41, 5.74) is -0.472. The van der Waals surface area contributed by atoms with Gasteiger partial charge in [-0.05, 0) is 49.2 Å². The lowest BCUT2D eigenvalue weighted by Gasteiger charge is -2.44. The van der Waals surface area contributed by atoms with Crippen LogP contribution in [0.4, 0.5) is 23.2 Å². The molecule has 2 saturated heterocycles. The highest BCUT2D eigenvalue weighted by atomic mass is 19.4. The molecule has 2 aliphatic heterocycles. The Morgan fingerprint density at radius 3 is 2.60 bits per heavy atom. The summed E-state index contributed by atoms with van der Waals surface area (Å²) in [5.74, 6) is -0.406. The van der Waals surface area contributed by atoms with Crippen molar-refractivity contribution in [2.75, 3.05) is 44.3 Å². The van der Waals surface area contributed by atoms with Crippen LogP contribution in [0.25, 0.3) is 0 Å². The molecular weight excluding hydrogens is 462 g/mol. The van der Waals surface area contributed by atoms with Gasteiger partial charge in [0.05, 0.1) is 30.2 Å². The molecule has 2 aliphatic rings. The number of amides is 1. The van der Waals surface area contributed by atoms with Crippen LogP contribution in [-0.2, 0) is 22.1 Å². The van der Waals surface area contributed by atoms with Gasteiger partial charge in [0.15, 0.2) is 0 Å². The number of nitriles is 1. The zero-order valence-corrected chi connectivity index (χ0v) is 19.4. The number of halogens is 4. The summed E-state index contributed by atoms with van der Waals surface area (Å²) in [7, 11) is 0. The molecule has 0 aliphatic carbocycles. The maximum Gasteiger partial charge on any atom is 0.417 e. The number of carbonyl (C=O) groups is 1. The molecule has 0 aromatic heterocycles. The number of anilines is 1. The summed E-state index contributed by atoms with van der Waals surface area (Å²) in [6, 6.07) is 11.3. The number of rotatable bonds is 6. The molecule has 4 rings (SSSR count). The Kier molecular flexibility index (Phi) is 7.04. The molecule has 0 N–H and O–H groups in total. The molecule has 35 heavy (non-hydrogen) atoms. The largest absolute Gasteiger partial charge is 0.417 e. The van der Waals surface area contributed by atoms with Gasteiger partial charge in [-0.1, -0.05) is 12.1 Å².